The highest BCUT2D eigenvalue weighted by molar-refractivity contribution is 5.83. The van der Waals surface area contributed by atoms with Crippen LogP contribution in [-0.2, 0) is 19.1 Å². The molecule has 4 heteroatoms. The van der Waals surface area contributed by atoms with E-state index in [0.29, 0.717) is 0 Å². The number of carbonyl (C=O) groups excluding carboxylic acids is 2. The van der Waals surface area contributed by atoms with Gasteiger partial charge in [-0.25, -0.2) is 0 Å². The lowest BCUT2D eigenvalue weighted by Gasteiger charge is -2.15. The summed E-state index contributed by atoms with van der Waals surface area (Å²) in [6.07, 6.45) is -0.423. The largest absolute Gasteiger partial charge is 0.469 e. The van der Waals surface area contributed by atoms with Crippen molar-refractivity contribution in [1.29, 1.82) is 0 Å². The van der Waals surface area contributed by atoms with E-state index >= 15 is 0 Å². The van der Waals surface area contributed by atoms with Gasteiger partial charge in [0.25, 0.3) is 0 Å². The standard InChI is InChI=1S/C12H12O4/c1-15-12(14)9-7-10(13)16-11(9)8-5-3-2-4-6-8/h2-6,9,11H,7H2,1H3/t9-,11+/m0/s1. The van der Waals surface area contributed by atoms with Gasteiger partial charge in [0, 0.05) is 0 Å². The zero-order chi connectivity index (χ0) is 11.5. The summed E-state index contributed by atoms with van der Waals surface area (Å²) in [5, 5.41) is 0. The van der Waals surface area contributed by atoms with Crippen LogP contribution >= 0.6 is 0 Å². The van der Waals surface area contributed by atoms with Gasteiger partial charge in [0.1, 0.15) is 12.0 Å². The van der Waals surface area contributed by atoms with Crippen LogP contribution in [0.2, 0.25) is 0 Å². The average molecular weight is 220 g/mol. The highest BCUT2D eigenvalue weighted by atomic mass is 16.6. The number of cyclic esters (lactones) is 1. The Balaban J connectivity index is 2.26. The molecule has 4 nitrogen and oxygen atoms in total. The summed E-state index contributed by atoms with van der Waals surface area (Å²) in [5.74, 6) is -1.29. The van der Waals surface area contributed by atoms with Gasteiger partial charge in [-0.15, -0.1) is 0 Å². The minimum absolute atomic E-state index is 0.0895. The fraction of sp³-hybridized carbons (Fsp3) is 0.333. The summed E-state index contributed by atoms with van der Waals surface area (Å²) >= 11 is 0. The summed E-state index contributed by atoms with van der Waals surface area (Å²) in [6.45, 7) is 0. The third-order valence-electron chi connectivity index (χ3n) is 2.64. The topological polar surface area (TPSA) is 52.6 Å². The van der Waals surface area contributed by atoms with Crippen molar-refractivity contribution < 1.29 is 19.1 Å². The van der Waals surface area contributed by atoms with Crippen LogP contribution in [0.3, 0.4) is 0 Å². The molecule has 1 fully saturated rings. The Hall–Kier alpha value is -1.84. The Bertz CT molecular complexity index is 399. The van der Waals surface area contributed by atoms with E-state index in [0.717, 1.165) is 5.56 Å². The van der Waals surface area contributed by atoms with Crippen molar-refractivity contribution in [2.45, 2.75) is 12.5 Å². The Morgan fingerprint density at radius 3 is 2.69 bits per heavy atom. The van der Waals surface area contributed by atoms with E-state index in [4.69, 9.17) is 4.74 Å². The maximum atomic E-state index is 11.5. The smallest absolute Gasteiger partial charge is 0.313 e. The van der Waals surface area contributed by atoms with Gasteiger partial charge in [0.2, 0.25) is 0 Å². The first-order chi connectivity index (χ1) is 7.72. The first-order valence-corrected chi connectivity index (χ1v) is 5.04. The van der Waals surface area contributed by atoms with Gasteiger partial charge in [-0.3, -0.25) is 9.59 Å². The Morgan fingerprint density at radius 2 is 2.06 bits per heavy atom. The molecule has 0 amide bonds. The van der Waals surface area contributed by atoms with Crippen LogP contribution in [0.25, 0.3) is 0 Å². The molecule has 1 aliphatic rings. The van der Waals surface area contributed by atoms with Crippen molar-refractivity contribution in [2.24, 2.45) is 5.92 Å². The molecule has 1 aliphatic heterocycles. The average Bonchev–Trinajstić information content (AvgIpc) is 2.71. The second kappa shape index (κ2) is 4.35. The molecule has 0 saturated carbocycles. The Labute approximate surface area is 93.2 Å². The summed E-state index contributed by atoms with van der Waals surface area (Å²) in [6, 6.07) is 9.22. The Kier molecular flexibility index (Phi) is 2.90. The van der Waals surface area contributed by atoms with E-state index in [2.05, 4.69) is 4.74 Å². The maximum Gasteiger partial charge on any atom is 0.313 e. The quantitative estimate of drug-likeness (QED) is 0.708. The summed E-state index contributed by atoms with van der Waals surface area (Å²) in [4.78, 5) is 22.7. The molecule has 2 rings (SSSR count). The number of hydrogen-bond donors (Lipinski definition) is 0. The lowest BCUT2D eigenvalue weighted by molar-refractivity contribution is -0.147. The van der Waals surface area contributed by atoms with Crippen LogP contribution in [0.5, 0.6) is 0 Å². The van der Waals surface area contributed by atoms with Crippen LogP contribution < -0.4 is 0 Å². The number of rotatable bonds is 2. The van der Waals surface area contributed by atoms with E-state index < -0.39 is 18.0 Å². The number of esters is 2. The van der Waals surface area contributed by atoms with Crippen LogP contribution in [0.4, 0.5) is 0 Å². The summed E-state index contributed by atoms with van der Waals surface area (Å²) < 4.78 is 9.81. The first-order valence-electron chi connectivity index (χ1n) is 5.04. The fourth-order valence-corrected chi connectivity index (χ4v) is 1.86. The number of methoxy groups -OCH3 is 1. The molecule has 0 aromatic heterocycles. The summed E-state index contributed by atoms with van der Waals surface area (Å²) in [5.41, 5.74) is 0.823. The lowest BCUT2D eigenvalue weighted by atomic mass is 9.95. The number of benzene rings is 1. The van der Waals surface area contributed by atoms with Gasteiger partial charge in [0.05, 0.1) is 13.5 Å². The monoisotopic (exact) mass is 220 g/mol. The molecule has 0 bridgehead atoms. The molecule has 1 aromatic carbocycles. The molecule has 16 heavy (non-hydrogen) atoms. The third-order valence-corrected chi connectivity index (χ3v) is 2.64. The second-order valence-corrected chi connectivity index (χ2v) is 3.65. The number of carbonyl (C=O) groups is 2. The van der Waals surface area contributed by atoms with Crippen molar-refractivity contribution >= 4 is 11.9 Å². The molecule has 0 aliphatic carbocycles. The molecule has 2 atom stereocenters. The van der Waals surface area contributed by atoms with Crippen molar-refractivity contribution in [3.05, 3.63) is 35.9 Å². The normalized spacial score (nSPS) is 23.9. The van der Waals surface area contributed by atoms with Crippen molar-refractivity contribution in [3.8, 4) is 0 Å². The van der Waals surface area contributed by atoms with Crippen molar-refractivity contribution in [1.82, 2.24) is 0 Å². The molecular weight excluding hydrogens is 208 g/mol. The predicted octanol–water partition coefficient (Wildman–Crippen LogP) is 1.46. The zero-order valence-corrected chi connectivity index (χ0v) is 8.88. The van der Waals surface area contributed by atoms with Gasteiger partial charge in [0.15, 0.2) is 0 Å². The number of hydrogen-bond acceptors (Lipinski definition) is 4. The zero-order valence-electron chi connectivity index (χ0n) is 8.88. The highest BCUT2D eigenvalue weighted by Crippen LogP contribution is 2.35. The molecule has 1 saturated heterocycles. The Morgan fingerprint density at radius 1 is 1.38 bits per heavy atom. The molecule has 0 radical (unpaired) electrons. The van der Waals surface area contributed by atoms with Crippen molar-refractivity contribution in [2.75, 3.05) is 7.11 Å². The molecule has 84 valence electrons. The fourth-order valence-electron chi connectivity index (χ4n) is 1.86. The van der Waals surface area contributed by atoms with Crippen LogP contribution in [0, 0.1) is 5.92 Å². The number of ether oxygens (including phenoxy) is 2. The van der Waals surface area contributed by atoms with Gasteiger partial charge >= 0.3 is 11.9 Å². The van der Waals surface area contributed by atoms with Gasteiger partial charge in [-0.1, -0.05) is 30.3 Å². The minimum atomic E-state index is -0.528. The van der Waals surface area contributed by atoms with E-state index in [1.165, 1.54) is 7.11 Å². The third kappa shape index (κ3) is 1.91. The van der Waals surface area contributed by atoms with Gasteiger partial charge < -0.3 is 9.47 Å². The molecule has 0 N–H and O–H groups in total. The SMILES string of the molecule is COC(=O)[C@H]1CC(=O)O[C@@H]1c1ccccc1. The minimum Gasteiger partial charge on any atom is -0.469 e. The first kappa shape index (κ1) is 10.7. The van der Waals surface area contributed by atoms with Gasteiger partial charge in [-0.05, 0) is 5.56 Å². The van der Waals surface area contributed by atoms with E-state index in [1.807, 2.05) is 30.3 Å². The van der Waals surface area contributed by atoms with Crippen LogP contribution in [0.15, 0.2) is 30.3 Å². The van der Waals surface area contributed by atoms with Crippen molar-refractivity contribution in [3.63, 3.8) is 0 Å². The molecule has 1 heterocycles. The lowest BCUT2D eigenvalue weighted by Crippen LogP contribution is -2.19. The molecular formula is C12H12O4. The van der Waals surface area contributed by atoms with Gasteiger partial charge in [-0.2, -0.15) is 0 Å². The maximum absolute atomic E-state index is 11.5. The molecule has 0 unspecified atom stereocenters. The van der Waals surface area contributed by atoms with Crippen LogP contribution in [0.1, 0.15) is 18.1 Å². The molecule has 1 aromatic rings. The van der Waals surface area contributed by atoms with E-state index in [-0.39, 0.29) is 12.4 Å². The highest BCUT2D eigenvalue weighted by Gasteiger charge is 2.41. The predicted molar refractivity (Wildman–Crippen MR) is 55.4 cm³/mol. The van der Waals surface area contributed by atoms with E-state index in [1.54, 1.807) is 0 Å². The van der Waals surface area contributed by atoms with Crippen LogP contribution in [-0.4, -0.2) is 19.0 Å². The second-order valence-electron chi connectivity index (χ2n) is 3.65. The summed E-state index contributed by atoms with van der Waals surface area (Å²) in [7, 11) is 1.31. The molecule has 0 spiro atoms. The van der Waals surface area contributed by atoms with E-state index in [9.17, 15) is 9.59 Å².